The Morgan fingerprint density at radius 3 is 2.65 bits per heavy atom. The van der Waals surface area contributed by atoms with Crippen LogP contribution < -0.4 is 15.8 Å². The van der Waals surface area contributed by atoms with Gasteiger partial charge in [0.15, 0.2) is 0 Å². The van der Waals surface area contributed by atoms with Gasteiger partial charge >= 0.3 is 0 Å². The van der Waals surface area contributed by atoms with E-state index in [0.29, 0.717) is 39.7 Å². The Labute approximate surface area is 250 Å². The highest BCUT2D eigenvalue weighted by atomic mass is 16.5. The zero-order valence-corrected chi connectivity index (χ0v) is 24.7. The number of carbonyl (C=O) groups excluding carboxylic acids is 2. The fourth-order valence-electron chi connectivity index (χ4n) is 5.42. The van der Waals surface area contributed by atoms with E-state index in [2.05, 4.69) is 27.2 Å². The number of aromatic nitrogens is 4. The number of carbonyl (C=O) groups is 2. The quantitative estimate of drug-likeness (QED) is 0.253. The van der Waals surface area contributed by atoms with Crippen molar-refractivity contribution in [2.24, 2.45) is 0 Å². The average Bonchev–Trinajstić information content (AvgIpc) is 3.47. The summed E-state index contributed by atoms with van der Waals surface area (Å²) in [7, 11) is 3.06. The van der Waals surface area contributed by atoms with Gasteiger partial charge in [-0.2, -0.15) is 0 Å². The fourth-order valence-corrected chi connectivity index (χ4v) is 5.42. The van der Waals surface area contributed by atoms with Gasteiger partial charge in [-0.25, -0.2) is 15.0 Å². The summed E-state index contributed by atoms with van der Waals surface area (Å²) in [4.78, 5) is 41.7. The number of fused-ring (bicyclic) bond motifs is 1. The van der Waals surface area contributed by atoms with Crippen molar-refractivity contribution in [3.63, 3.8) is 0 Å². The number of imidazole rings is 1. The van der Waals surface area contributed by atoms with Crippen LogP contribution in [0.15, 0.2) is 61.3 Å². The normalized spacial score (nSPS) is 14.3. The Balaban J connectivity index is 1.59. The van der Waals surface area contributed by atoms with E-state index >= 15 is 0 Å². The first-order valence-electron chi connectivity index (χ1n) is 14.5. The lowest BCUT2D eigenvalue weighted by atomic mass is 9.94. The molecule has 2 amide bonds. The molecule has 1 saturated heterocycles. The smallest absolute Gasteiger partial charge is 0.260 e. The van der Waals surface area contributed by atoms with Crippen LogP contribution in [0.25, 0.3) is 16.8 Å². The Morgan fingerprint density at radius 2 is 1.91 bits per heavy atom. The van der Waals surface area contributed by atoms with E-state index in [1.807, 2.05) is 17.0 Å². The number of anilines is 2. The van der Waals surface area contributed by atoms with Gasteiger partial charge in [0.2, 0.25) is 5.91 Å². The minimum Gasteiger partial charge on any atom is -0.496 e. The monoisotopic (exact) mass is 583 g/mol. The lowest BCUT2D eigenvalue weighted by molar-refractivity contribution is -0.126. The van der Waals surface area contributed by atoms with E-state index in [-0.39, 0.29) is 11.5 Å². The topological polar surface area (TPSA) is 137 Å². The van der Waals surface area contributed by atoms with Crippen LogP contribution in [0, 0.1) is 0 Å². The molecule has 1 fully saturated rings. The highest BCUT2D eigenvalue weighted by Crippen LogP contribution is 2.38. The van der Waals surface area contributed by atoms with Gasteiger partial charge in [-0.15, -0.1) is 0 Å². The maximum Gasteiger partial charge on any atom is 0.260 e. The Hall–Kier alpha value is -4.77. The number of nitrogen functional groups attached to an aromatic ring is 1. The van der Waals surface area contributed by atoms with E-state index in [1.165, 1.54) is 13.2 Å². The number of ether oxygens (including phenoxy) is 2. The molecule has 43 heavy (non-hydrogen) atoms. The van der Waals surface area contributed by atoms with Crippen LogP contribution in [0.5, 0.6) is 5.75 Å². The molecule has 1 unspecified atom stereocenters. The predicted octanol–water partition coefficient (Wildman–Crippen LogP) is 4.84. The first-order valence-corrected chi connectivity index (χ1v) is 14.5. The average molecular weight is 584 g/mol. The third kappa shape index (κ3) is 6.51. The highest BCUT2D eigenvalue weighted by Gasteiger charge is 2.25. The van der Waals surface area contributed by atoms with Crippen LogP contribution in [-0.4, -0.2) is 63.4 Å². The predicted molar refractivity (Wildman–Crippen MR) is 165 cm³/mol. The third-order valence-corrected chi connectivity index (χ3v) is 7.60. The summed E-state index contributed by atoms with van der Waals surface area (Å²) in [6.07, 6.45) is 14.2. The molecular formula is C32H37N7O4. The van der Waals surface area contributed by atoms with E-state index in [1.54, 1.807) is 54.6 Å². The van der Waals surface area contributed by atoms with Crippen LogP contribution in [0.4, 0.5) is 11.6 Å². The standard InChI is InChI=1S/C32H37N7O4/c1-4-8-21-11-12-34-27(17-21)37-32(41)24-18-22(25(42-2)9-10-28(40)38-14-6-5-7-15-38)23(19-26(24)43-3)29-30-31(33)35-13-16-39(30)20-36-29/h9-13,16-20,25H,4-8,14-15H2,1-3H3,(H2,33,35)(H,34,37,41)/b10-9+. The number of nitrogens with one attached hydrogen (secondary N) is 1. The fraction of sp³-hybridized carbons (Fsp3) is 0.344. The number of benzene rings is 1. The summed E-state index contributed by atoms with van der Waals surface area (Å²) in [6, 6.07) is 7.25. The zero-order valence-electron chi connectivity index (χ0n) is 24.7. The van der Waals surface area contributed by atoms with E-state index in [4.69, 9.17) is 15.2 Å². The minimum absolute atomic E-state index is 0.0753. The number of likely N-dealkylation sites (tertiary alicyclic amines) is 1. The van der Waals surface area contributed by atoms with Crippen molar-refractivity contribution >= 4 is 29.0 Å². The molecule has 3 aromatic heterocycles. The molecule has 224 valence electrons. The van der Waals surface area contributed by atoms with Gasteiger partial charge in [0, 0.05) is 50.4 Å². The first kappa shape index (κ1) is 29.7. The largest absolute Gasteiger partial charge is 0.496 e. The van der Waals surface area contributed by atoms with Gasteiger partial charge in [-0.3, -0.25) is 9.59 Å². The molecule has 1 aromatic carbocycles. The molecule has 3 N–H and O–H groups in total. The van der Waals surface area contributed by atoms with Crippen molar-refractivity contribution in [2.45, 2.75) is 45.1 Å². The van der Waals surface area contributed by atoms with Gasteiger partial charge in [-0.05, 0) is 67.2 Å². The number of hydrogen-bond donors (Lipinski definition) is 2. The number of pyridine rings is 1. The highest BCUT2D eigenvalue weighted by molar-refractivity contribution is 6.06. The number of piperidine rings is 1. The molecule has 1 aliphatic rings. The van der Waals surface area contributed by atoms with Gasteiger partial charge in [-0.1, -0.05) is 13.3 Å². The molecule has 5 rings (SSSR count). The van der Waals surface area contributed by atoms with Crippen molar-refractivity contribution in [3.05, 3.63) is 78.0 Å². The van der Waals surface area contributed by atoms with Crippen LogP contribution in [0.2, 0.25) is 0 Å². The lowest BCUT2D eigenvalue weighted by Gasteiger charge is -2.25. The molecule has 4 aromatic rings. The lowest BCUT2D eigenvalue weighted by Crippen LogP contribution is -2.34. The molecule has 0 radical (unpaired) electrons. The number of aryl methyl sites for hydroxylation is 1. The zero-order chi connectivity index (χ0) is 30.3. The van der Waals surface area contributed by atoms with Crippen LogP contribution in [0.3, 0.4) is 0 Å². The van der Waals surface area contributed by atoms with Gasteiger partial charge < -0.3 is 29.8 Å². The van der Waals surface area contributed by atoms with E-state index < -0.39 is 12.0 Å². The van der Waals surface area contributed by atoms with Crippen molar-refractivity contribution in [1.82, 2.24) is 24.3 Å². The first-order chi connectivity index (χ1) is 20.9. The van der Waals surface area contributed by atoms with Gasteiger partial charge in [0.25, 0.3) is 5.91 Å². The number of amides is 2. The second-order valence-corrected chi connectivity index (χ2v) is 10.5. The Bertz CT molecular complexity index is 1640. The summed E-state index contributed by atoms with van der Waals surface area (Å²) in [5, 5.41) is 2.90. The summed E-state index contributed by atoms with van der Waals surface area (Å²) in [5.74, 6) is 0.592. The van der Waals surface area contributed by atoms with Crippen molar-refractivity contribution < 1.29 is 19.1 Å². The molecule has 4 heterocycles. The Kier molecular flexibility index (Phi) is 9.31. The molecule has 1 aliphatic heterocycles. The van der Waals surface area contributed by atoms with E-state index in [0.717, 1.165) is 50.8 Å². The molecule has 11 heteroatoms. The summed E-state index contributed by atoms with van der Waals surface area (Å²) in [5.41, 5.74) is 10.0. The van der Waals surface area contributed by atoms with Crippen molar-refractivity contribution in [1.29, 1.82) is 0 Å². The molecule has 0 spiro atoms. The number of hydrogen-bond acceptors (Lipinski definition) is 8. The second kappa shape index (κ2) is 13.5. The number of nitrogens with two attached hydrogens (primary N) is 1. The van der Waals surface area contributed by atoms with Crippen molar-refractivity contribution in [3.8, 4) is 17.0 Å². The molecule has 0 saturated carbocycles. The van der Waals surface area contributed by atoms with Crippen LogP contribution in [0.1, 0.15) is 60.2 Å². The molecule has 11 nitrogen and oxygen atoms in total. The number of methoxy groups -OCH3 is 2. The Morgan fingerprint density at radius 1 is 1.09 bits per heavy atom. The SMILES string of the molecule is CCCc1ccnc(NC(=O)c2cc(C(/C=C/C(=O)N3CCCCC3)OC)c(-c3ncn4ccnc(N)c34)cc2OC)c1. The molecule has 0 bridgehead atoms. The second-order valence-electron chi connectivity index (χ2n) is 10.5. The third-order valence-electron chi connectivity index (χ3n) is 7.60. The van der Waals surface area contributed by atoms with Gasteiger partial charge in [0.05, 0.1) is 12.7 Å². The number of rotatable bonds is 10. The molecular weight excluding hydrogens is 546 g/mol. The van der Waals surface area contributed by atoms with E-state index in [9.17, 15) is 9.59 Å². The van der Waals surface area contributed by atoms with Crippen molar-refractivity contribution in [2.75, 3.05) is 38.4 Å². The molecule has 0 aliphatic carbocycles. The summed E-state index contributed by atoms with van der Waals surface area (Å²) >= 11 is 0. The summed E-state index contributed by atoms with van der Waals surface area (Å²) in [6.45, 7) is 3.57. The summed E-state index contributed by atoms with van der Waals surface area (Å²) < 4.78 is 13.4. The maximum atomic E-state index is 13.7. The maximum absolute atomic E-state index is 13.7. The van der Waals surface area contributed by atoms with Crippen LogP contribution >= 0.6 is 0 Å². The number of nitrogens with zero attached hydrogens (tertiary/aromatic N) is 5. The van der Waals surface area contributed by atoms with Gasteiger partial charge in [0.1, 0.15) is 41.0 Å². The minimum atomic E-state index is -0.693. The van der Waals surface area contributed by atoms with Crippen LogP contribution in [-0.2, 0) is 16.0 Å². The molecule has 1 atom stereocenters.